The fraction of sp³-hybridized carbons (Fsp3) is 0.516. The van der Waals surface area contributed by atoms with Gasteiger partial charge >= 0.3 is 6.18 Å². The molecule has 0 amide bonds. The van der Waals surface area contributed by atoms with Crippen LogP contribution < -0.4 is 5.32 Å². The SMILES string of the molecule is C=C(Nc1ccc(F)c(C(F)(F)F)c1)N(CCN1CCN(CCC)CC1)[C@@H]1CC[C@]2(c3cccc(C#N)c3)CC12. The lowest BCUT2D eigenvalue weighted by Gasteiger charge is -2.38. The number of halogens is 4. The van der Waals surface area contributed by atoms with Crippen LogP contribution in [0.5, 0.6) is 0 Å². The van der Waals surface area contributed by atoms with E-state index in [0.29, 0.717) is 23.8 Å². The van der Waals surface area contributed by atoms with Gasteiger partial charge in [0.2, 0.25) is 0 Å². The van der Waals surface area contributed by atoms with Gasteiger partial charge in [-0.15, -0.1) is 0 Å². The maximum Gasteiger partial charge on any atom is 0.419 e. The van der Waals surface area contributed by atoms with Crippen molar-refractivity contribution in [2.45, 2.75) is 50.2 Å². The van der Waals surface area contributed by atoms with Crippen molar-refractivity contribution in [3.05, 3.63) is 77.4 Å². The summed E-state index contributed by atoms with van der Waals surface area (Å²) in [4.78, 5) is 7.15. The number of hydrogen-bond donors (Lipinski definition) is 1. The third-order valence-electron chi connectivity index (χ3n) is 9.02. The van der Waals surface area contributed by atoms with Crippen molar-refractivity contribution in [3.63, 3.8) is 0 Å². The van der Waals surface area contributed by atoms with Gasteiger partial charge in [-0.05, 0) is 74.0 Å². The Kier molecular flexibility index (Phi) is 8.12. The number of nitrogens with one attached hydrogen (secondary N) is 1. The molecule has 1 saturated heterocycles. The van der Waals surface area contributed by atoms with Crippen LogP contribution in [0.4, 0.5) is 23.2 Å². The van der Waals surface area contributed by atoms with Crippen LogP contribution in [0.25, 0.3) is 0 Å². The van der Waals surface area contributed by atoms with Crippen molar-refractivity contribution >= 4 is 5.69 Å². The normalized spacial score (nSPS) is 24.8. The van der Waals surface area contributed by atoms with Crippen molar-refractivity contribution in [1.29, 1.82) is 5.26 Å². The molecular formula is C31H37F4N5. The van der Waals surface area contributed by atoms with Crippen LogP contribution in [-0.4, -0.2) is 66.6 Å². The first-order chi connectivity index (χ1) is 19.1. The highest BCUT2D eigenvalue weighted by Gasteiger charge is 2.63. The van der Waals surface area contributed by atoms with Gasteiger partial charge in [-0.1, -0.05) is 25.6 Å². The Morgan fingerprint density at radius 1 is 1.12 bits per heavy atom. The van der Waals surface area contributed by atoms with Gasteiger partial charge < -0.3 is 15.1 Å². The molecule has 1 aliphatic heterocycles. The Labute approximate surface area is 234 Å². The van der Waals surface area contributed by atoms with Crippen LogP contribution in [0, 0.1) is 23.1 Å². The monoisotopic (exact) mass is 555 g/mol. The summed E-state index contributed by atoms with van der Waals surface area (Å²) in [7, 11) is 0. The maximum atomic E-state index is 13.9. The first kappa shape index (κ1) is 28.4. The Balaban J connectivity index is 1.33. The van der Waals surface area contributed by atoms with E-state index in [1.807, 2.05) is 18.2 Å². The van der Waals surface area contributed by atoms with Gasteiger partial charge in [0.15, 0.2) is 0 Å². The van der Waals surface area contributed by atoms with Crippen molar-refractivity contribution < 1.29 is 17.6 Å². The molecule has 0 radical (unpaired) electrons. The van der Waals surface area contributed by atoms with Crippen molar-refractivity contribution in [3.8, 4) is 6.07 Å². The highest BCUT2D eigenvalue weighted by Crippen LogP contribution is 2.65. The Bertz CT molecular complexity index is 1260. The lowest BCUT2D eigenvalue weighted by atomic mass is 9.92. The molecule has 2 saturated carbocycles. The summed E-state index contributed by atoms with van der Waals surface area (Å²) in [6.45, 7) is 13.1. The van der Waals surface area contributed by atoms with E-state index in [1.54, 1.807) is 0 Å². The van der Waals surface area contributed by atoms with Gasteiger partial charge in [0.1, 0.15) is 5.82 Å². The van der Waals surface area contributed by atoms with Gasteiger partial charge in [0, 0.05) is 56.4 Å². The molecular weight excluding hydrogens is 518 g/mol. The molecule has 40 heavy (non-hydrogen) atoms. The minimum absolute atomic E-state index is 0.0289. The molecule has 0 spiro atoms. The predicted molar refractivity (Wildman–Crippen MR) is 148 cm³/mol. The smallest absolute Gasteiger partial charge is 0.354 e. The zero-order chi connectivity index (χ0) is 28.5. The molecule has 5 rings (SSSR count). The summed E-state index contributed by atoms with van der Waals surface area (Å²) in [6, 6.07) is 13.3. The van der Waals surface area contributed by atoms with E-state index in [-0.39, 0.29) is 17.1 Å². The molecule has 2 aliphatic carbocycles. The number of anilines is 1. The van der Waals surface area contributed by atoms with Crippen molar-refractivity contribution in [2.24, 2.45) is 5.92 Å². The number of fused-ring (bicyclic) bond motifs is 1. The second-order valence-electron chi connectivity index (χ2n) is 11.4. The van der Waals surface area contributed by atoms with Crippen LogP contribution in [-0.2, 0) is 11.6 Å². The zero-order valence-electron chi connectivity index (χ0n) is 23.0. The molecule has 0 bridgehead atoms. The van der Waals surface area contributed by atoms with Gasteiger partial charge in [0.05, 0.1) is 23.0 Å². The molecule has 3 atom stereocenters. The second kappa shape index (κ2) is 11.4. The van der Waals surface area contributed by atoms with Crippen LogP contribution in [0.1, 0.15) is 49.3 Å². The summed E-state index contributed by atoms with van der Waals surface area (Å²) in [5.41, 5.74) is 0.752. The van der Waals surface area contributed by atoms with Crippen LogP contribution in [0.2, 0.25) is 0 Å². The van der Waals surface area contributed by atoms with E-state index in [9.17, 15) is 22.8 Å². The number of nitrogens with zero attached hydrogens (tertiary/aromatic N) is 4. The van der Waals surface area contributed by atoms with E-state index >= 15 is 0 Å². The number of rotatable bonds is 10. The number of alkyl halides is 3. The highest BCUT2D eigenvalue weighted by molar-refractivity contribution is 5.51. The molecule has 3 fully saturated rings. The lowest BCUT2D eigenvalue weighted by molar-refractivity contribution is -0.139. The summed E-state index contributed by atoms with van der Waals surface area (Å²) >= 11 is 0. The van der Waals surface area contributed by atoms with E-state index < -0.39 is 17.6 Å². The molecule has 5 nitrogen and oxygen atoms in total. The number of nitriles is 1. The second-order valence-corrected chi connectivity index (χ2v) is 11.4. The standard InChI is InChI=1S/C31H37F4N5/c1-3-11-38-12-14-39(15-13-38)16-17-40(22(2)37-25-7-8-28(32)26(19-25)31(33,34)35)29-9-10-30(20-27(29)30)24-6-4-5-23(18-24)21-36/h4-8,18-19,27,29,37H,2-3,9-17,20H2,1H3/t27?,29-,30-/m1/s1. The number of benzene rings is 2. The molecule has 0 aromatic heterocycles. The fourth-order valence-corrected chi connectivity index (χ4v) is 6.84. The fourth-order valence-electron chi connectivity index (χ4n) is 6.84. The molecule has 2 aromatic rings. The summed E-state index contributed by atoms with van der Waals surface area (Å²) in [5.74, 6) is -0.385. The maximum absolute atomic E-state index is 13.9. The summed E-state index contributed by atoms with van der Waals surface area (Å²) < 4.78 is 54.0. The summed E-state index contributed by atoms with van der Waals surface area (Å²) in [5, 5.41) is 12.5. The van der Waals surface area contributed by atoms with E-state index in [0.717, 1.165) is 77.1 Å². The van der Waals surface area contributed by atoms with E-state index in [1.165, 1.54) is 11.6 Å². The minimum Gasteiger partial charge on any atom is -0.354 e. The van der Waals surface area contributed by atoms with Crippen molar-refractivity contribution in [2.75, 3.05) is 51.1 Å². The highest BCUT2D eigenvalue weighted by atomic mass is 19.4. The van der Waals surface area contributed by atoms with Crippen LogP contribution >= 0.6 is 0 Å². The first-order valence-electron chi connectivity index (χ1n) is 14.2. The molecule has 3 aliphatic rings. The molecule has 1 unspecified atom stereocenters. The molecule has 9 heteroatoms. The minimum atomic E-state index is -4.78. The average molecular weight is 556 g/mol. The summed E-state index contributed by atoms with van der Waals surface area (Å²) in [6.07, 6.45) is -0.698. The first-order valence-corrected chi connectivity index (χ1v) is 14.2. The van der Waals surface area contributed by atoms with Gasteiger partial charge in [-0.3, -0.25) is 4.90 Å². The van der Waals surface area contributed by atoms with Crippen LogP contribution in [0.3, 0.4) is 0 Å². The van der Waals surface area contributed by atoms with E-state index in [2.05, 4.69) is 45.7 Å². The predicted octanol–water partition coefficient (Wildman–Crippen LogP) is 6.05. The quantitative estimate of drug-likeness (QED) is 0.362. The Morgan fingerprint density at radius 2 is 1.85 bits per heavy atom. The largest absolute Gasteiger partial charge is 0.419 e. The Morgan fingerprint density at radius 3 is 2.50 bits per heavy atom. The Hall–Kier alpha value is -3.09. The third-order valence-corrected chi connectivity index (χ3v) is 9.02. The molecule has 214 valence electrons. The third kappa shape index (κ3) is 5.84. The van der Waals surface area contributed by atoms with Gasteiger partial charge in [-0.25, -0.2) is 4.39 Å². The topological polar surface area (TPSA) is 45.5 Å². The van der Waals surface area contributed by atoms with E-state index in [4.69, 9.17) is 0 Å². The number of hydrogen-bond acceptors (Lipinski definition) is 5. The molecule has 1 heterocycles. The zero-order valence-corrected chi connectivity index (χ0v) is 23.0. The molecule has 2 aromatic carbocycles. The number of piperazine rings is 1. The van der Waals surface area contributed by atoms with Crippen molar-refractivity contribution in [1.82, 2.24) is 14.7 Å². The van der Waals surface area contributed by atoms with Gasteiger partial charge in [-0.2, -0.15) is 18.4 Å². The average Bonchev–Trinajstić information content (AvgIpc) is 3.57. The van der Waals surface area contributed by atoms with Gasteiger partial charge in [0.25, 0.3) is 0 Å². The lowest BCUT2D eigenvalue weighted by Crippen LogP contribution is -2.49. The molecule has 1 N–H and O–H groups in total. The van der Waals surface area contributed by atoms with Crippen LogP contribution in [0.15, 0.2) is 54.9 Å².